The zero-order valence-electron chi connectivity index (χ0n) is 17.0. The predicted octanol–water partition coefficient (Wildman–Crippen LogP) is 5.13. The maximum absolute atomic E-state index is 13.1. The number of carbonyl (C=O) groups excluding carboxylic acids is 1. The Labute approximate surface area is 175 Å². The summed E-state index contributed by atoms with van der Waals surface area (Å²) in [5.41, 5.74) is 3.17. The SMILES string of the molecule is CCSC1CC(C(C)(C)CNC(=O)c2ccc(F)cc2)Nc2ccc(C#N)cc21. The monoisotopic (exact) mass is 411 g/mol. The van der Waals surface area contributed by atoms with Crippen LogP contribution in [0.15, 0.2) is 42.5 Å². The highest BCUT2D eigenvalue weighted by Crippen LogP contribution is 2.45. The van der Waals surface area contributed by atoms with Gasteiger partial charge in [-0.2, -0.15) is 17.0 Å². The van der Waals surface area contributed by atoms with Gasteiger partial charge in [0, 0.05) is 34.5 Å². The Hall–Kier alpha value is -2.52. The van der Waals surface area contributed by atoms with Crippen molar-refractivity contribution < 1.29 is 9.18 Å². The molecule has 6 heteroatoms. The third kappa shape index (κ3) is 4.91. The van der Waals surface area contributed by atoms with Crippen molar-refractivity contribution in [3.8, 4) is 6.07 Å². The second-order valence-corrected chi connectivity index (χ2v) is 9.45. The van der Waals surface area contributed by atoms with Crippen LogP contribution in [-0.2, 0) is 0 Å². The van der Waals surface area contributed by atoms with Gasteiger partial charge in [-0.15, -0.1) is 0 Å². The van der Waals surface area contributed by atoms with Crippen LogP contribution in [0, 0.1) is 22.6 Å². The van der Waals surface area contributed by atoms with Gasteiger partial charge in [-0.1, -0.05) is 20.8 Å². The van der Waals surface area contributed by atoms with E-state index in [0.29, 0.717) is 22.9 Å². The molecule has 4 nitrogen and oxygen atoms in total. The molecule has 152 valence electrons. The van der Waals surface area contributed by atoms with Crippen molar-refractivity contribution in [3.63, 3.8) is 0 Å². The summed E-state index contributed by atoms with van der Waals surface area (Å²) in [7, 11) is 0. The average molecular weight is 412 g/mol. The molecular weight excluding hydrogens is 385 g/mol. The standard InChI is InChI=1S/C23H26FN3OS/c1-4-29-20-12-21(27-19-10-5-15(13-25)11-18(19)20)23(2,3)14-26-22(28)16-6-8-17(24)9-7-16/h5-11,20-21,27H,4,12,14H2,1-3H3,(H,26,28). The fraction of sp³-hybridized carbons (Fsp3) is 0.391. The minimum Gasteiger partial charge on any atom is -0.381 e. The molecule has 2 aromatic carbocycles. The highest BCUT2D eigenvalue weighted by Gasteiger charge is 2.36. The quantitative estimate of drug-likeness (QED) is 0.691. The lowest BCUT2D eigenvalue weighted by Crippen LogP contribution is -2.47. The number of nitrogens with zero attached hydrogens (tertiary/aromatic N) is 1. The molecule has 0 fully saturated rings. The molecule has 0 saturated carbocycles. The number of hydrogen-bond donors (Lipinski definition) is 2. The number of hydrogen-bond acceptors (Lipinski definition) is 4. The highest BCUT2D eigenvalue weighted by molar-refractivity contribution is 7.99. The van der Waals surface area contributed by atoms with Crippen LogP contribution in [0.4, 0.5) is 10.1 Å². The molecule has 1 aliphatic rings. The molecule has 1 aliphatic heterocycles. The summed E-state index contributed by atoms with van der Waals surface area (Å²) in [6.07, 6.45) is 0.916. The van der Waals surface area contributed by atoms with Crippen LogP contribution >= 0.6 is 11.8 Å². The van der Waals surface area contributed by atoms with E-state index in [1.807, 2.05) is 30.0 Å². The largest absolute Gasteiger partial charge is 0.381 e. The lowest BCUT2D eigenvalue weighted by atomic mass is 9.78. The van der Waals surface area contributed by atoms with Crippen molar-refractivity contribution in [2.24, 2.45) is 5.41 Å². The number of fused-ring (bicyclic) bond motifs is 1. The number of halogens is 1. The maximum Gasteiger partial charge on any atom is 0.251 e. The Kier molecular flexibility index (Phi) is 6.49. The Morgan fingerprint density at radius 2 is 2.03 bits per heavy atom. The number of nitrogens with one attached hydrogen (secondary N) is 2. The van der Waals surface area contributed by atoms with E-state index in [4.69, 9.17) is 0 Å². The normalized spacial score (nSPS) is 18.3. The van der Waals surface area contributed by atoms with E-state index in [1.54, 1.807) is 0 Å². The summed E-state index contributed by atoms with van der Waals surface area (Å²) >= 11 is 1.88. The van der Waals surface area contributed by atoms with Gasteiger partial charge in [0.05, 0.1) is 11.6 Å². The van der Waals surface area contributed by atoms with E-state index in [2.05, 4.69) is 37.5 Å². The van der Waals surface area contributed by atoms with Crippen LogP contribution in [0.25, 0.3) is 0 Å². The Bertz CT molecular complexity index is 921. The van der Waals surface area contributed by atoms with E-state index < -0.39 is 0 Å². The predicted molar refractivity (Wildman–Crippen MR) is 117 cm³/mol. The lowest BCUT2D eigenvalue weighted by Gasteiger charge is -2.42. The van der Waals surface area contributed by atoms with Gasteiger partial charge in [-0.25, -0.2) is 4.39 Å². The number of rotatable bonds is 6. The first-order chi connectivity index (χ1) is 13.8. The lowest BCUT2D eigenvalue weighted by molar-refractivity contribution is 0.0931. The Morgan fingerprint density at radius 1 is 1.31 bits per heavy atom. The van der Waals surface area contributed by atoms with E-state index in [-0.39, 0.29) is 23.2 Å². The minimum atomic E-state index is -0.356. The van der Waals surface area contributed by atoms with Crippen molar-refractivity contribution in [2.45, 2.75) is 38.5 Å². The summed E-state index contributed by atoms with van der Waals surface area (Å²) in [5, 5.41) is 16.2. The third-order valence-corrected chi connectivity index (χ3v) is 6.61. The van der Waals surface area contributed by atoms with Gasteiger partial charge in [0.15, 0.2) is 0 Å². The molecule has 2 aromatic rings. The Morgan fingerprint density at radius 3 is 2.69 bits per heavy atom. The maximum atomic E-state index is 13.1. The number of benzene rings is 2. The first-order valence-electron chi connectivity index (χ1n) is 9.80. The molecule has 1 amide bonds. The van der Waals surface area contributed by atoms with E-state index in [1.165, 1.54) is 29.8 Å². The number of carbonyl (C=O) groups is 1. The van der Waals surface area contributed by atoms with Crippen molar-refractivity contribution in [3.05, 3.63) is 65.0 Å². The molecule has 2 N–H and O–H groups in total. The summed E-state index contributed by atoms with van der Waals surface area (Å²) in [6, 6.07) is 13.8. The minimum absolute atomic E-state index is 0.167. The second-order valence-electron chi connectivity index (χ2n) is 7.97. The van der Waals surface area contributed by atoms with Crippen molar-refractivity contribution >= 4 is 23.4 Å². The molecule has 3 rings (SSSR count). The smallest absolute Gasteiger partial charge is 0.251 e. The number of anilines is 1. The molecule has 0 radical (unpaired) electrons. The van der Waals surface area contributed by atoms with E-state index in [0.717, 1.165) is 17.9 Å². The fourth-order valence-electron chi connectivity index (χ4n) is 3.63. The van der Waals surface area contributed by atoms with Gasteiger partial charge in [0.2, 0.25) is 0 Å². The van der Waals surface area contributed by atoms with Crippen LogP contribution in [0.5, 0.6) is 0 Å². The van der Waals surface area contributed by atoms with Gasteiger partial charge < -0.3 is 10.6 Å². The first kappa shape index (κ1) is 21.2. The van der Waals surface area contributed by atoms with Crippen molar-refractivity contribution in [1.82, 2.24) is 5.32 Å². The van der Waals surface area contributed by atoms with Crippen LogP contribution in [0.3, 0.4) is 0 Å². The zero-order valence-corrected chi connectivity index (χ0v) is 17.8. The van der Waals surface area contributed by atoms with Crippen molar-refractivity contribution in [2.75, 3.05) is 17.6 Å². The van der Waals surface area contributed by atoms with Crippen LogP contribution in [-0.4, -0.2) is 24.2 Å². The molecule has 0 saturated heterocycles. The molecule has 0 spiro atoms. The number of nitriles is 1. The van der Waals surface area contributed by atoms with Crippen LogP contribution in [0.2, 0.25) is 0 Å². The average Bonchev–Trinajstić information content (AvgIpc) is 2.72. The Balaban J connectivity index is 1.73. The molecule has 29 heavy (non-hydrogen) atoms. The fourth-order valence-corrected chi connectivity index (χ4v) is 4.73. The van der Waals surface area contributed by atoms with Gasteiger partial charge in [0.25, 0.3) is 5.91 Å². The summed E-state index contributed by atoms with van der Waals surface area (Å²) in [4.78, 5) is 12.4. The van der Waals surface area contributed by atoms with Gasteiger partial charge in [-0.05, 0) is 60.2 Å². The third-order valence-electron chi connectivity index (χ3n) is 5.43. The zero-order chi connectivity index (χ0) is 21.0. The summed E-state index contributed by atoms with van der Waals surface area (Å²) < 4.78 is 13.1. The molecular formula is C23H26FN3OS. The van der Waals surface area contributed by atoms with Gasteiger partial charge in [-0.3, -0.25) is 4.79 Å². The van der Waals surface area contributed by atoms with E-state index >= 15 is 0 Å². The molecule has 0 aromatic heterocycles. The van der Waals surface area contributed by atoms with E-state index in [9.17, 15) is 14.4 Å². The first-order valence-corrected chi connectivity index (χ1v) is 10.8. The van der Waals surface area contributed by atoms with Crippen LogP contribution < -0.4 is 10.6 Å². The number of amides is 1. The molecule has 0 bridgehead atoms. The van der Waals surface area contributed by atoms with Crippen molar-refractivity contribution in [1.29, 1.82) is 5.26 Å². The second kappa shape index (κ2) is 8.87. The molecule has 1 heterocycles. The number of thioether (sulfide) groups is 1. The summed E-state index contributed by atoms with van der Waals surface area (Å²) in [6.45, 7) is 6.91. The molecule has 2 unspecified atom stereocenters. The van der Waals surface area contributed by atoms with Gasteiger partial charge >= 0.3 is 0 Å². The summed E-state index contributed by atoms with van der Waals surface area (Å²) in [5.74, 6) is 0.438. The molecule has 0 aliphatic carbocycles. The topological polar surface area (TPSA) is 64.9 Å². The molecule has 2 atom stereocenters. The highest BCUT2D eigenvalue weighted by atomic mass is 32.2. The van der Waals surface area contributed by atoms with Crippen LogP contribution in [0.1, 0.15) is 53.9 Å². The van der Waals surface area contributed by atoms with Gasteiger partial charge in [0.1, 0.15) is 5.82 Å².